The predicted molar refractivity (Wildman–Crippen MR) is 123 cm³/mol. The molecule has 2 aliphatic rings. The van der Waals surface area contributed by atoms with Crippen molar-refractivity contribution in [1.82, 2.24) is 15.5 Å². The van der Waals surface area contributed by atoms with Gasteiger partial charge in [0.15, 0.2) is 5.96 Å². The van der Waals surface area contributed by atoms with Gasteiger partial charge >= 0.3 is 0 Å². The standard InChI is InChI=1S/C24H34N4O4/c1-24(29,18-28-11-15-30-16-12-28)17-26-23(25-10-8-19-5-4-13-31-19)27-21-9-14-32-22-7-3-2-6-20(21)22/h2-7,13,21,29H,8-12,14-18H2,1H3,(H2,25,26,27). The van der Waals surface area contributed by atoms with Gasteiger partial charge in [-0.3, -0.25) is 9.89 Å². The Morgan fingerprint density at radius 2 is 2.03 bits per heavy atom. The lowest BCUT2D eigenvalue weighted by molar-refractivity contribution is -0.0180. The number of β-amino-alcohol motifs (C(OH)–C–C–N with tert-alkyl or cyclic N) is 1. The first kappa shape index (κ1) is 22.6. The number of hydrogen-bond donors (Lipinski definition) is 3. The third kappa shape index (κ3) is 6.48. The fourth-order valence-electron chi connectivity index (χ4n) is 4.11. The van der Waals surface area contributed by atoms with Crippen molar-refractivity contribution in [3.8, 4) is 5.75 Å². The topological polar surface area (TPSA) is 91.5 Å². The van der Waals surface area contributed by atoms with E-state index in [4.69, 9.17) is 18.9 Å². The lowest BCUT2D eigenvalue weighted by atomic mass is 10.0. The van der Waals surface area contributed by atoms with E-state index in [1.165, 1.54) is 0 Å². The summed E-state index contributed by atoms with van der Waals surface area (Å²) in [4.78, 5) is 6.99. The second-order valence-corrected chi connectivity index (χ2v) is 8.68. The van der Waals surface area contributed by atoms with Crippen molar-refractivity contribution in [3.63, 3.8) is 0 Å². The van der Waals surface area contributed by atoms with Gasteiger partial charge in [0, 0.05) is 44.6 Å². The van der Waals surface area contributed by atoms with Gasteiger partial charge in [-0.15, -0.1) is 0 Å². The van der Waals surface area contributed by atoms with Crippen molar-refractivity contribution >= 4 is 5.96 Å². The van der Waals surface area contributed by atoms with Gasteiger partial charge in [-0.2, -0.15) is 0 Å². The van der Waals surface area contributed by atoms with Crippen molar-refractivity contribution in [3.05, 3.63) is 54.0 Å². The van der Waals surface area contributed by atoms with E-state index in [9.17, 15) is 5.11 Å². The molecule has 4 rings (SSSR count). The monoisotopic (exact) mass is 442 g/mol. The first-order valence-electron chi connectivity index (χ1n) is 11.4. The number of nitrogens with zero attached hydrogens (tertiary/aromatic N) is 2. The highest BCUT2D eigenvalue weighted by atomic mass is 16.5. The summed E-state index contributed by atoms with van der Waals surface area (Å²) in [6.45, 7) is 7.14. The van der Waals surface area contributed by atoms with Crippen molar-refractivity contribution in [2.45, 2.75) is 31.4 Å². The molecule has 1 fully saturated rings. The van der Waals surface area contributed by atoms with Crippen LogP contribution in [-0.2, 0) is 11.2 Å². The summed E-state index contributed by atoms with van der Waals surface area (Å²) >= 11 is 0. The molecule has 8 nitrogen and oxygen atoms in total. The van der Waals surface area contributed by atoms with Crippen molar-refractivity contribution < 1.29 is 19.0 Å². The number of rotatable bonds is 8. The normalized spacial score (nSPS) is 21.3. The largest absolute Gasteiger partial charge is 0.493 e. The summed E-state index contributed by atoms with van der Waals surface area (Å²) in [5, 5.41) is 17.9. The fraction of sp³-hybridized carbons (Fsp3) is 0.542. The average Bonchev–Trinajstić information content (AvgIpc) is 3.31. The number of furan rings is 1. The molecule has 0 amide bonds. The summed E-state index contributed by atoms with van der Waals surface area (Å²) < 4.78 is 16.6. The SMILES string of the molecule is CC(O)(CN=C(NCCc1ccco1)NC1CCOc2ccccc21)CN1CCOCC1. The molecule has 3 N–H and O–H groups in total. The molecule has 32 heavy (non-hydrogen) atoms. The zero-order valence-corrected chi connectivity index (χ0v) is 18.8. The number of guanidine groups is 1. The highest BCUT2D eigenvalue weighted by molar-refractivity contribution is 5.80. The van der Waals surface area contributed by atoms with Crippen LogP contribution in [0.4, 0.5) is 0 Å². The molecule has 0 spiro atoms. The van der Waals surface area contributed by atoms with Gasteiger partial charge in [0.25, 0.3) is 0 Å². The van der Waals surface area contributed by atoms with Crippen LogP contribution < -0.4 is 15.4 Å². The predicted octanol–water partition coefficient (Wildman–Crippen LogP) is 1.96. The molecular weight excluding hydrogens is 408 g/mol. The molecule has 2 aromatic rings. The number of benzene rings is 1. The molecule has 0 bridgehead atoms. The number of fused-ring (bicyclic) bond motifs is 1. The fourth-order valence-corrected chi connectivity index (χ4v) is 4.11. The minimum absolute atomic E-state index is 0.0963. The van der Waals surface area contributed by atoms with Gasteiger partial charge in [-0.1, -0.05) is 18.2 Å². The molecule has 3 heterocycles. The molecule has 2 unspecified atom stereocenters. The molecule has 2 aliphatic heterocycles. The Hall–Kier alpha value is -2.55. The van der Waals surface area contributed by atoms with Gasteiger partial charge in [0.1, 0.15) is 11.5 Å². The molecule has 1 aromatic carbocycles. The summed E-state index contributed by atoms with van der Waals surface area (Å²) in [7, 11) is 0. The van der Waals surface area contributed by atoms with Gasteiger partial charge in [0.05, 0.1) is 44.3 Å². The van der Waals surface area contributed by atoms with Crippen LogP contribution in [0, 0.1) is 0 Å². The number of ether oxygens (including phenoxy) is 2. The summed E-state index contributed by atoms with van der Waals surface area (Å²) in [5.74, 6) is 2.51. The lowest BCUT2D eigenvalue weighted by Crippen LogP contribution is -2.48. The van der Waals surface area contributed by atoms with E-state index < -0.39 is 5.60 Å². The number of nitrogens with one attached hydrogen (secondary N) is 2. The Morgan fingerprint density at radius 3 is 2.84 bits per heavy atom. The van der Waals surface area contributed by atoms with Crippen molar-refractivity contribution in [1.29, 1.82) is 0 Å². The number of hydrogen-bond acceptors (Lipinski definition) is 6. The third-order valence-electron chi connectivity index (χ3n) is 5.76. The van der Waals surface area contributed by atoms with E-state index in [-0.39, 0.29) is 6.04 Å². The van der Waals surface area contributed by atoms with E-state index in [1.54, 1.807) is 6.26 Å². The van der Waals surface area contributed by atoms with Gasteiger partial charge in [-0.05, 0) is 25.1 Å². The maximum atomic E-state index is 11.0. The van der Waals surface area contributed by atoms with Crippen molar-refractivity contribution in [2.24, 2.45) is 4.99 Å². The summed E-state index contributed by atoms with van der Waals surface area (Å²) in [6.07, 6.45) is 3.28. The van der Waals surface area contributed by atoms with Crippen molar-refractivity contribution in [2.75, 3.05) is 52.5 Å². The van der Waals surface area contributed by atoms with Gasteiger partial charge in [-0.25, -0.2) is 0 Å². The first-order valence-corrected chi connectivity index (χ1v) is 11.4. The number of morpholine rings is 1. The zero-order chi connectivity index (χ0) is 22.2. The smallest absolute Gasteiger partial charge is 0.191 e. The van der Waals surface area contributed by atoms with E-state index >= 15 is 0 Å². The molecule has 0 saturated carbocycles. The highest BCUT2D eigenvalue weighted by Crippen LogP contribution is 2.31. The number of aliphatic imine (C=N–C) groups is 1. The van der Waals surface area contributed by atoms with Crippen LogP contribution >= 0.6 is 0 Å². The minimum Gasteiger partial charge on any atom is -0.493 e. The lowest BCUT2D eigenvalue weighted by Gasteiger charge is -2.33. The van der Waals surface area contributed by atoms with Crippen LogP contribution in [0.1, 0.15) is 30.7 Å². The third-order valence-corrected chi connectivity index (χ3v) is 5.76. The highest BCUT2D eigenvalue weighted by Gasteiger charge is 2.26. The zero-order valence-electron chi connectivity index (χ0n) is 18.8. The van der Waals surface area contributed by atoms with Crippen LogP contribution in [0.2, 0.25) is 0 Å². The van der Waals surface area contributed by atoms with Gasteiger partial charge in [0.2, 0.25) is 0 Å². The van der Waals surface area contributed by atoms with Crippen LogP contribution in [0.15, 0.2) is 52.1 Å². The molecule has 0 radical (unpaired) electrons. The molecule has 0 aliphatic carbocycles. The van der Waals surface area contributed by atoms with E-state index in [0.717, 1.165) is 43.0 Å². The molecule has 1 saturated heterocycles. The Kier molecular flexibility index (Phi) is 7.68. The maximum Gasteiger partial charge on any atom is 0.191 e. The molecule has 174 valence electrons. The first-order chi connectivity index (χ1) is 15.6. The Morgan fingerprint density at radius 1 is 1.19 bits per heavy atom. The average molecular weight is 443 g/mol. The molecule has 2 atom stereocenters. The van der Waals surface area contributed by atoms with Crippen LogP contribution in [0.3, 0.4) is 0 Å². The second-order valence-electron chi connectivity index (χ2n) is 8.68. The summed E-state index contributed by atoms with van der Waals surface area (Å²) in [5.41, 5.74) is 0.194. The Labute approximate surface area is 189 Å². The Bertz CT molecular complexity index is 863. The number of aliphatic hydroxyl groups is 1. The maximum absolute atomic E-state index is 11.0. The van der Waals surface area contributed by atoms with E-state index in [2.05, 4.69) is 21.6 Å². The van der Waals surface area contributed by atoms with Crippen LogP contribution in [0.25, 0.3) is 0 Å². The minimum atomic E-state index is -0.930. The van der Waals surface area contributed by atoms with E-state index in [0.29, 0.717) is 45.4 Å². The molecule has 8 heteroatoms. The van der Waals surface area contributed by atoms with Crippen LogP contribution in [0.5, 0.6) is 5.75 Å². The number of para-hydroxylation sites is 1. The van der Waals surface area contributed by atoms with Gasteiger partial charge < -0.3 is 29.6 Å². The van der Waals surface area contributed by atoms with E-state index in [1.807, 2.05) is 37.3 Å². The quantitative estimate of drug-likeness (QED) is 0.425. The van der Waals surface area contributed by atoms with Crippen LogP contribution in [-0.4, -0.2) is 74.1 Å². The Balaban J connectivity index is 1.41. The molecular formula is C24H34N4O4. The molecule has 1 aromatic heterocycles. The summed E-state index contributed by atoms with van der Waals surface area (Å²) in [6, 6.07) is 12.0. The second kappa shape index (κ2) is 10.8.